The largest absolute Gasteiger partial charge is 0.322 e. The maximum absolute atomic E-state index is 12.2. The van der Waals surface area contributed by atoms with Crippen LogP contribution in [0.1, 0.15) is 28.4 Å². The van der Waals surface area contributed by atoms with Gasteiger partial charge in [0.05, 0.1) is 4.90 Å². The number of hydrogen-bond donors (Lipinski definition) is 2. The van der Waals surface area contributed by atoms with Gasteiger partial charge in [-0.3, -0.25) is 9.59 Å². The van der Waals surface area contributed by atoms with E-state index in [0.717, 1.165) is 18.1 Å². The number of aryl methyl sites for hydroxylation is 2. The minimum Gasteiger partial charge on any atom is -0.322 e. The highest BCUT2D eigenvalue weighted by atomic mass is 32.2. The van der Waals surface area contributed by atoms with Crippen molar-refractivity contribution in [1.29, 1.82) is 0 Å². The van der Waals surface area contributed by atoms with Crippen LogP contribution in [0.2, 0.25) is 0 Å². The molecule has 2 aromatic carbocycles. The molecule has 0 saturated carbocycles. The molecule has 0 aromatic heterocycles. The number of nitrogens with one attached hydrogen (secondary N) is 2. The Bertz CT molecular complexity index is 887. The van der Waals surface area contributed by atoms with E-state index in [1.54, 1.807) is 12.1 Å². The number of amides is 2. The summed E-state index contributed by atoms with van der Waals surface area (Å²) in [5, 5.41) is 2.70. The van der Waals surface area contributed by atoms with Gasteiger partial charge in [-0.1, -0.05) is 6.07 Å². The Morgan fingerprint density at radius 3 is 2.08 bits per heavy atom. The average molecular weight is 346 g/mol. The van der Waals surface area contributed by atoms with Crippen LogP contribution in [0.25, 0.3) is 0 Å². The average Bonchev–Trinajstić information content (AvgIpc) is 2.49. The first-order valence-corrected chi connectivity index (χ1v) is 8.69. The third-order valence-corrected chi connectivity index (χ3v) is 4.92. The van der Waals surface area contributed by atoms with Crippen molar-refractivity contribution in [2.75, 3.05) is 5.32 Å². The van der Waals surface area contributed by atoms with E-state index in [-0.39, 0.29) is 10.8 Å². The summed E-state index contributed by atoms with van der Waals surface area (Å²) in [4.78, 5) is 23.1. The van der Waals surface area contributed by atoms with Crippen molar-refractivity contribution in [3.63, 3.8) is 0 Å². The van der Waals surface area contributed by atoms with Gasteiger partial charge in [-0.2, -0.15) is 0 Å². The Hall–Kier alpha value is -2.67. The normalized spacial score (nSPS) is 11.0. The van der Waals surface area contributed by atoms with E-state index >= 15 is 0 Å². The topological polar surface area (TPSA) is 92.3 Å². The predicted octanol–water partition coefficient (Wildman–Crippen LogP) is 2.38. The number of rotatable bonds is 4. The van der Waals surface area contributed by atoms with E-state index in [1.165, 1.54) is 24.3 Å². The van der Waals surface area contributed by atoms with Crippen LogP contribution in [0, 0.1) is 13.8 Å². The molecule has 126 valence electrons. The lowest BCUT2D eigenvalue weighted by atomic mass is 10.1. The van der Waals surface area contributed by atoms with Gasteiger partial charge in [0.1, 0.15) is 0 Å². The Balaban J connectivity index is 2.15. The molecule has 0 fully saturated rings. The Morgan fingerprint density at radius 1 is 0.917 bits per heavy atom. The molecule has 2 N–H and O–H groups in total. The SMILES string of the molecule is CC(=O)NS(=O)(=O)c1ccc(NC(=O)c2ccc(C)c(C)c2)cc1. The Labute approximate surface area is 140 Å². The zero-order chi connectivity index (χ0) is 17.9. The maximum Gasteiger partial charge on any atom is 0.264 e. The summed E-state index contributed by atoms with van der Waals surface area (Å²) in [5.41, 5.74) is 3.09. The number of benzene rings is 2. The van der Waals surface area contributed by atoms with Crippen LogP contribution in [0.15, 0.2) is 47.4 Å². The highest BCUT2D eigenvalue weighted by Crippen LogP contribution is 2.16. The van der Waals surface area contributed by atoms with Gasteiger partial charge < -0.3 is 5.32 Å². The van der Waals surface area contributed by atoms with E-state index in [0.29, 0.717) is 11.3 Å². The van der Waals surface area contributed by atoms with E-state index in [9.17, 15) is 18.0 Å². The lowest BCUT2D eigenvalue weighted by Gasteiger charge is -2.09. The molecule has 6 nitrogen and oxygen atoms in total. The van der Waals surface area contributed by atoms with Gasteiger partial charge in [0.15, 0.2) is 0 Å². The van der Waals surface area contributed by atoms with Crippen molar-refractivity contribution in [1.82, 2.24) is 4.72 Å². The molecule has 0 aliphatic rings. The highest BCUT2D eigenvalue weighted by Gasteiger charge is 2.15. The molecule has 0 aliphatic heterocycles. The quantitative estimate of drug-likeness (QED) is 0.889. The number of carbonyl (C=O) groups is 2. The van der Waals surface area contributed by atoms with Gasteiger partial charge >= 0.3 is 0 Å². The summed E-state index contributed by atoms with van der Waals surface area (Å²) in [6.07, 6.45) is 0. The fourth-order valence-electron chi connectivity index (χ4n) is 2.05. The molecule has 0 spiro atoms. The van der Waals surface area contributed by atoms with Crippen LogP contribution in [0.3, 0.4) is 0 Å². The van der Waals surface area contributed by atoms with Crippen molar-refractivity contribution < 1.29 is 18.0 Å². The van der Waals surface area contributed by atoms with Crippen LogP contribution >= 0.6 is 0 Å². The van der Waals surface area contributed by atoms with Crippen LogP contribution in [0.4, 0.5) is 5.69 Å². The van der Waals surface area contributed by atoms with E-state index in [1.807, 2.05) is 24.6 Å². The molecule has 0 unspecified atom stereocenters. The van der Waals surface area contributed by atoms with Crippen LogP contribution < -0.4 is 10.0 Å². The van der Waals surface area contributed by atoms with E-state index in [2.05, 4.69) is 5.32 Å². The second kappa shape index (κ2) is 6.84. The second-order valence-corrected chi connectivity index (χ2v) is 7.12. The van der Waals surface area contributed by atoms with Crippen molar-refractivity contribution in [3.05, 3.63) is 59.2 Å². The van der Waals surface area contributed by atoms with E-state index < -0.39 is 15.9 Å². The molecule has 2 aromatic rings. The molecule has 0 heterocycles. The van der Waals surface area contributed by atoms with Gasteiger partial charge in [-0.05, 0) is 61.4 Å². The maximum atomic E-state index is 12.2. The Kier molecular flexibility index (Phi) is 5.04. The fourth-order valence-corrected chi connectivity index (χ4v) is 3.04. The third-order valence-electron chi connectivity index (χ3n) is 3.47. The first-order chi connectivity index (χ1) is 11.2. The molecule has 0 aliphatic carbocycles. The molecule has 0 radical (unpaired) electrons. The van der Waals surface area contributed by atoms with Crippen molar-refractivity contribution in [2.45, 2.75) is 25.7 Å². The van der Waals surface area contributed by atoms with E-state index in [4.69, 9.17) is 0 Å². The number of anilines is 1. The molecule has 2 amide bonds. The molecule has 2 rings (SSSR count). The van der Waals surface area contributed by atoms with Crippen LogP contribution in [-0.4, -0.2) is 20.2 Å². The van der Waals surface area contributed by atoms with Gasteiger partial charge in [-0.25, -0.2) is 13.1 Å². The number of sulfonamides is 1. The zero-order valence-electron chi connectivity index (χ0n) is 13.6. The summed E-state index contributed by atoms with van der Waals surface area (Å²) >= 11 is 0. The molecule has 0 atom stereocenters. The first-order valence-electron chi connectivity index (χ1n) is 7.21. The second-order valence-electron chi connectivity index (χ2n) is 5.44. The smallest absolute Gasteiger partial charge is 0.264 e. The standard InChI is InChI=1S/C17H18N2O4S/c1-11-4-5-14(10-12(11)2)17(21)18-15-6-8-16(9-7-15)24(22,23)19-13(3)20/h4-10H,1-3H3,(H,18,21)(H,19,20). The lowest BCUT2D eigenvalue weighted by Crippen LogP contribution is -2.28. The molecule has 7 heteroatoms. The van der Waals surface area contributed by atoms with Gasteiger partial charge in [0.2, 0.25) is 5.91 Å². The van der Waals surface area contributed by atoms with Crippen molar-refractivity contribution in [3.8, 4) is 0 Å². The number of carbonyl (C=O) groups excluding carboxylic acids is 2. The highest BCUT2D eigenvalue weighted by molar-refractivity contribution is 7.90. The van der Waals surface area contributed by atoms with Crippen molar-refractivity contribution in [2.24, 2.45) is 0 Å². The monoisotopic (exact) mass is 346 g/mol. The van der Waals surface area contributed by atoms with Gasteiger partial charge in [-0.15, -0.1) is 0 Å². The number of hydrogen-bond acceptors (Lipinski definition) is 4. The lowest BCUT2D eigenvalue weighted by molar-refractivity contribution is -0.117. The molecular formula is C17H18N2O4S. The molecule has 24 heavy (non-hydrogen) atoms. The summed E-state index contributed by atoms with van der Waals surface area (Å²) in [6, 6.07) is 11.0. The van der Waals surface area contributed by atoms with Crippen molar-refractivity contribution >= 4 is 27.5 Å². The molecule has 0 saturated heterocycles. The Morgan fingerprint density at radius 2 is 1.54 bits per heavy atom. The predicted molar refractivity (Wildman–Crippen MR) is 91.3 cm³/mol. The molecular weight excluding hydrogens is 328 g/mol. The summed E-state index contributed by atoms with van der Waals surface area (Å²) in [5.74, 6) is -0.947. The molecule has 0 bridgehead atoms. The van der Waals surface area contributed by atoms with Crippen LogP contribution in [0.5, 0.6) is 0 Å². The summed E-state index contributed by atoms with van der Waals surface area (Å²) in [6.45, 7) is 5.01. The fraction of sp³-hybridized carbons (Fsp3) is 0.176. The summed E-state index contributed by atoms with van der Waals surface area (Å²) < 4.78 is 25.6. The van der Waals surface area contributed by atoms with Gasteiger partial charge in [0, 0.05) is 18.2 Å². The first kappa shape index (κ1) is 17.7. The minimum absolute atomic E-state index is 0.0538. The zero-order valence-corrected chi connectivity index (χ0v) is 14.4. The minimum atomic E-state index is -3.88. The van der Waals surface area contributed by atoms with Gasteiger partial charge in [0.25, 0.3) is 15.9 Å². The third kappa shape index (κ3) is 4.20. The van der Waals surface area contributed by atoms with Crippen LogP contribution in [-0.2, 0) is 14.8 Å². The summed E-state index contributed by atoms with van der Waals surface area (Å²) in [7, 11) is -3.88.